The van der Waals surface area contributed by atoms with Gasteiger partial charge in [-0.15, -0.1) is 0 Å². The number of rotatable bonds is 2. The van der Waals surface area contributed by atoms with Crippen molar-refractivity contribution in [2.75, 3.05) is 6.61 Å². The lowest BCUT2D eigenvalue weighted by molar-refractivity contribution is 0.327. The van der Waals surface area contributed by atoms with Crippen LogP contribution in [0, 0.1) is 11.3 Å². The Balaban J connectivity index is 2.67. The summed E-state index contributed by atoms with van der Waals surface area (Å²) in [7, 11) is 0. The Kier molecular flexibility index (Phi) is 2.51. The molecule has 0 atom stereocenters. The second-order valence-electron chi connectivity index (χ2n) is 3.08. The zero-order valence-electron chi connectivity index (χ0n) is 8.40. The van der Waals surface area contributed by atoms with E-state index in [1.54, 1.807) is 0 Å². The Morgan fingerprint density at radius 2 is 2.20 bits per heavy atom. The van der Waals surface area contributed by atoms with Gasteiger partial charge in [0.15, 0.2) is 5.69 Å². The van der Waals surface area contributed by atoms with Crippen molar-refractivity contribution in [3.05, 3.63) is 36.0 Å². The van der Waals surface area contributed by atoms with E-state index in [-0.39, 0.29) is 0 Å². The fraction of sp³-hybridized carbons (Fsp3) is 0.167. The Hall–Kier alpha value is -2.08. The van der Waals surface area contributed by atoms with E-state index in [1.807, 2.05) is 37.3 Å². The van der Waals surface area contributed by atoms with Crippen LogP contribution in [0.1, 0.15) is 12.6 Å². The van der Waals surface area contributed by atoms with Crippen molar-refractivity contribution in [3.63, 3.8) is 0 Å². The van der Waals surface area contributed by atoms with E-state index in [2.05, 4.69) is 11.1 Å². The van der Waals surface area contributed by atoms with Crippen LogP contribution >= 0.6 is 0 Å². The minimum Gasteiger partial charge on any atom is -0.478 e. The third-order valence-corrected chi connectivity index (χ3v) is 2.12. The summed E-state index contributed by atoms with van der Waals surface area (Å²) in [4.78, 5) is 4.13. The predicted octanol–water partition coefficient (Wildman–Crippen LogP) is 2.51. The van der Waals surface area contributed by atoms with E-state index in [9.17, 15) is 0 Å². The zero-order valence-corrected chi connectivity index (χ0v) is 8.40. The molecule has 0 aliphatic rings. The number of fused-ring (bicyclic) bond motifs is 1. The summed E-state index contributed by atoms with van der Waals surface area (Å²) in [5.41, 5.74) is 0.413. The van der Waals surface area contributed by atoms with Crippen LogP contribution in [0.15, 0.2) is 30.3 Å². The molecule has 0 aliphatic carbocycles. The molecule has 0 N–H and O–H groups in total. The number of nitrogens with zero attached hydrogens (tertiary/aromatic N) is 2. The van der Waals surface area contributed by atoms with Crippen molar-refractivity contribution < 1.29 is 4.74 Å². The highest BCUT2D eigenvalue weighted by Crippen LogP contribution is 2.21. The monoisotopic (exact) mass is 198 g/mol. The zero-order chi connectivity index (χ0) is 10.7. The summed E-state index contributed by atoms with van der Waals surface area (Å²) in [6, 6.07) is 11.6. The van der Waals surface area contributed by atoms with Crippen molar-refractivity contribution in [1.82, 2.24) is 4.98 Å². The van der Waals surface area contributed by atoms with E-state index >= 15 is 0 Å². The molecule has 1 heterocycles. The van der Waals surface area contributed by atoms with Gasteiger partial charge in [0.2, 0.25) is 5.88 Å². The minimum absolute atomic E-state index is 0.413. The number of pyridine rings is 1. The lowest BCUT2D eigenvalue weighted by atomic mass is 10.1. The molecular formula is C12H10N2O. The number of ether oxygens (including phenoxy) is 1. The number of nitriles is 1. The van der Waals surface area contributed by atoms with Crippen LogP contribution < -0.4 is 4.74 Å². The van der Waals surface area contributed by atoms with Crippen LogP contribution in [-0.4, -0.2) is 11.6 Å². The molecule has 0 spiro atoms. The van der Waals surface area contributed by atoms with Gasteiger partial charge in [-0.1, -0.05) is 24.3 Å². The maximum atomic E-state index is 8.96. The first kappa shape index (κ1) is 9.47. The van der Waals surface area contributed by atoms with Gasteiger partial charge >= 0.3 is 0 Å². The van der Waals surface area contributed by atoms with Gasteiger partial charge in [-0.2, -0.15) is 5.26 Å². The molecule has 0 fully saturated rings. The molecule has 0 bridgehead atoms. The molecule has 0 saturated carbocycles. The summed E-state index contributed by atoms with van der Waals surface area (Å²) in [6.45, 7) is 2.44. The van der Waals surface area contributed by atoms with Gasteiger partial charge in [0.25, 0.3) is 0 Å². The van der Waals surface area contributed by atoms with Gasteiger partial charge in [0.1, 0.15) is 6.07 Å². The molecule has 0 unspecified atom stereocenters. The van der Waals surface area contributed by atoms with Crippen LogP contribution in [0.5, 0.6) is 5.88 Å². The molecule has 1 aromatic carbocycles. The van der Waals surface area contributed by atoms with Gasteiger partial charge in [0.05, 0.1) is 6.61 Å². The fourth-order valence-electron chi connectivity index (χ4n) is 1.48. The van der Waals surface area contributed by atoms with Gasteiger partial charge in [-0.05, 0) is 12.3 Å². The molecule has 2 rings (SSSR count). The lowest BCUT2D eigenvalue weighted by Crippen LogP contribution is -1.96. The maximum Gasteiger partial charge on any atom is 0.215 e. The second kappa shape index (κ2) is 3.97. The molecule has 0 aliphatic heterocycles. The van der Waals surface area contributed by atoms with Crippen molar-refractivity contribution in [3.8, 4) is 11.9 Å². The topological polar surface area (TPSA) is 45.9 Å². The Bertz CT molecular complexity index is 529. The highest BCUT2D eigenvalue weighted by molar-refractivity contribution is 5.87. The van der Waals surface area contributed by atoms with Gasteiger partial charge in [-0.3, -0.25) is 0 Å². The summed E-state index contributed by atoms with van der Waals surface area (Å²) in [5, 5.41) is 10.8. The van der Waals surface area contributed by atoms with E-state index in [0.29, 0.717) is 18.2 Å². The molecule has 2 aromatic rings. The van der Waals surface area contributed by atoms with Gasteiger partial charge < -0.3 is 4.74 Å². The third kappa shape index (κ3) is 1.75. The predicted molar refractivity (Wildman–Crippen MR) is 57.6 cm³/mol. The largest absolute Gasteiger partial charge is 0.478 e. The SMILES string of the molecule is CCOc1cc2ccccc2c(C#N)n1. The summed E-state index contributed by atoms with van der Waals surface area (Å²) in [5.74, 6) is 0.507. The van der Waals surface area contributed by atoms with Crippen molar-refractivity contribution in [2.24, 2.45) is 0 Å². The minimum atomic E-state index is 0.413. The number of hydrogen-bond acceptors (Lipinski definition) is 3. The molecule has 1 aromatic heterocycles. The van der Waals surface area contributed by atoms with Crippen LogP contribution in [0.4, 0.5) is 0 Å². The van der Waals surface area contributed by atoms with Crippen molar-refractivity contribution in [1.29, 1.82) is 5.26 Å². The standard InChI is InChI=1S/C12H10N2O/c1-2-15-12-7-9-5-3-4-6-10(9)11(8-13)14-12/h3-7H,2H2,1H3. The fourth-order valence-corrected chi connectivity index (χ4v) is 1.48. The Morgan fingerprint density at radius 1 is 1.40 bits per heavy atom. The lowest BCUT2D eigenvalue weighted by Gasteiger charge is -2.04. The van der Waals surface area contributed by atoms with Crippen LogP contribution in [0.3, 0.4) is 0 Å². The maximum absolute atomic E-state index is 8.96. The van der Waals surface area contributed by atoms with Gasteiger partial charge in [-0.25, -0.2) is 4.98 Å². The Labute approximate surface area is 87.9 Å². The summed E-state index contributed by atoms with van der Waals surface area (Å²) in [6.07, 6.45) is 0. The first-order chi connectivity index (χ1) is 7.35. The second-order valence-corrected chi connectivity index (χ2v) is 3.08. The average molecular weight is 198 g/mol. The third-order valence-electron chi connectivity index (χ3n) is 2.12. The van der Waals surface area contributed by atoms with Crippen LogP contribution in [0.2, 0.25) is 0 Å². The average Bonchev–Trinajstić information content (AvgIpc) is 2.28. The summed E-state index contributed by atoms with van der Waals surface area (Å²) < 4.78 is 5.29. The number of benzene rings is 1. The first-order valence-electron chi connectivity index (χ1n) is 4.78. The van der Waals surface area contributed by atoms with Crippen molar-refractivity contribution in [2.45, 2.75) is 6.92 Å². The Morgan fingerprint density at radius 3 is 2.93 bits per heavy atom. The highest BCUT2D eigenvalue weighted by Gasteiger charge is 2.04. The van der Waals surface area contributed by atoms with Crippen LogP contribution in [-0.2, 0) is 0 Å². The highest BCUT2D eigenvalue weighted by atomic mass is 16.5. The molecule has 0 amide bonds. The molecule has 3 heteroatoms. The molecule has 0 saturated heterocycles. The van der Waals surface area contributed by atoms with E-state index < -0.39 is 0 Å². The molecule has 15 heavy (non-hydrogen) atoms. The van der Waals surface area contributed by atoms with E-state index in [0.717, 1.165) is 10.8 Å². The van der Waals surface area contributed by atoms with Gasteiger partial charge in [0, 0.05) is 11.5 Å². The quantitative estimate of drug-likeness (QED) is 0.744. The smallest absolute Gasteiger partial charge is 0.215 e. The van der Waals surface area contributed by atoms with Crippen molar-refractivity contribution >= 4 is 10.8 Å². The summed E-state index contributed by atoms with van der Waals surface area (Å²) >= 11 is 0. The molecule has 0 radical (unpaired) electrons. The number of aromatic nitrogens is 1. The molecule has 3 nitrogen and oxygen atoms in total. The first-order valence-corrected chi connectivity index (χ1v) is 4.78. The molecule has 74 valence electrons. The van der Waals surface area contributed by atoms with E-state index in [4.69, 9.17) is 10.00 Å². The normalized spacial score (nSPS) is 9.87. The number of hydrogen-bond donors (Lipinski definition) is 0. The molecular weight excluding hydrogens is 188 g/mol. The van der Waals surface area contributed by atoms with Crippen LogP contribution in [0.25, 0.3) is 10.8 Å². The van der Waals surface area contributed by atoms with E-state index in [1.165, 1.54) is 0 Å².